The fourth-order valence-electron chi connectivity index (χ4n) is 1.45. The molecule has 18 heavy (non-hydrogen) atoms. The van der Waals surface area contributed by atoms with E-state index in [1.807, 2.05) is 6.92 Å². The lowest BCUT2D eigenvalue weighted by Gasteiger charge is -2.07. The number of H-pyrrole nitrogens is 1. The number of benzene rings is 1. The van der Waals surface area contributed by atoms with Crippen LogP contribution in [0.3, 0.4) is 0 Å². The van der Waals surface area contributed by atoms with Crippen molar-refractivity contribution in [2.45, 2.75) is 11.8 Å². The number of hydrogen-bond acceptors (Lipinski definition) is 3. The quantitative estimate of drug-likeness (QED) is 0.881. The van der Waals surface area contributed by atoms with E-state index in [4.69, 9.17) is 0 Å². The van der Waals surface area contributed by atoms with Gasteiger partial charge in [0.25, 0.3) is 15.6 Å². The minimum absolute atomic E-state index is 0.300. The van der Waals surface area contributed by atoms with Gasteiger partial charge in [-0.2, -0.15) is 0 Å². The van der Waals surface area contributed by atoms with Crippen molar-refractivity contribution < 1.29 is 8.42 Å². The number of aryl methyl sites for hydroxylation is 1. The van der Waals surface area contributed by atoms with E-state index in [2.05, 4.69) is 9.71 Å². The maximum atomic E-state index is 12.0. The van der Waals surface area contributed by atoms with Crippen LogP contribution in [-0.4, -0.2) is 13.4 Å². The molecule has 1 aromatic carbocycles. The Bertz CT molecular complexity index is 703. The number of pyridine rings is 1. The Labute approximate surface area is 105 Å². The SMILES string of the molecule is Cc1ccc(NS(=O)(=O)c2ccc[nH]c2=O)cc1. The molecule has 0 fully saturated rings. The van der Waals surface area contributed by atoms with Crippen LogP contribution in [0.5, 0.6) is 0 Å². The van der Waals surface area contributed by atoms with E-state index in [0.29, 0.717) is 5.69 Å². The molecule has 0 aliphatic rings. The number of aromatic amines is 1. The first-order valence-corrected chi connectivity index (χ1v) is 6.74. The number of anilines is 1. The van der Waals surface area contributed by atoms with Crippen LogP contribution in [-0.2, 0) is 10.0 Å². The summed E-state index contributed by atoms with van der Waals surface area (Å²) in [5, 5.41) is 0. The van der Waals surface area contributed by atoms with Crippen LogP contribution < -0.4 is 10.3 Å². The Hall–Kier alpha value is -2.08. The van der Waals surface area contributed by atoms with E-state index < -0.39 is 15.6 Å². The molecule has 0 aliphatic heterocycles. The molecule has 2 N–H and O–H groups in total. The molecule has 0 spiro atoms. The molecule has 0 radical (unpaired) electrons. The largest absolute Gasteiger partial charge is 0.328 e. The maximum absolute atomic E-state index is 12.0. The van der Waals surface area contributed by atoms with Gasteiger partial charge in [-0.1, -0.05) is 17.7 Å². The first kappa shape index (κ1) is 12.4. The highest BCUT2D eigenvalue weighted by molar-refractivity contribution is 7.92. The summed E-state index contributed by atoms with van der Waals surface area (Å²) in [5.41, 5.74) is 0.802. The van der Waals surface area contributed by atoms with Gasteiger partial charge in [0.05, 0.1) is 0 Å². The topological polar surface area (TPSA) is 79.0 Å². The van der Waals surface area contributed by atoms with Crippen LogP contribution in [0.4, 0.5) is 5.69 Å². The van der Waals surface area contributed by atoms with Gasteiger partial charge < -0.3 is 4.98 Å². The second-order valence-corrected chi connectivity index (χ2v) is 5.49. The second-order valence-electron chi connectivity index (χ2n) is 3.84. The van der Waals surface area contributed by atoms with E-state index in [-0.39, 0.29) is 4.90 Å². The third kappa shape index (κ3) is 2.60. The van der Waals surface area contributed by atoms with Gasteiger partial charge in [-0.15, -0.1) is 0 Å². The smallest absolute Gasteiger partial charge is 0.268 e. The van der Waals surface area contributed by atoms with E-state index in [0.717, 1.165) is 5.56 Å². The van der Waals surface area contributed by atoms with Crippen molar-refractivity contribution in [1.29, 1.82) is 0 Å². The average Bonchev–Trinajstić information content (AvgIpc) is 2.32. The standard InChI is InChI=1S/C12H12N2O3S/c1-9-4-6-10(7-5-9)14-18(16,17)11-3-2-8-13-12(11)15/h2-8,14H,1H3,(H,13,15). The molecule has 0 saturated carbocycles. The Balaban J connectivity index is 2.36. The molecule has 0 atom stereocenters. The number of sulfonamides is 1. The third-order valence-electron chi connectivity index (χ3n) is 2.38. The summed E-state index contributed by atoms with van der Waals surface area (Å²) in [4.78, 5) is 13.5. The predicted octanol–water partition coefficient (Wildman–Crippen LogP) is 1.48. The zero-order valence-electron chi connectivity index (χ0n) is 9.67. The molecular formula is C12H12N2O3S. The Morgan fingerprint density at radius 3 is 2.39 bits per heavy atom. The van der Waals surface area contributed by atoms with Gasteiger partial charge in [0.15, 0.2) is 4.90 Å². The average molecular weight is 264 g/mol. The maximum Gasteiger partial charge on any atom is 0.268 e. The molecule has 94 valence electrons. The summed E-state index contributed by atoms with van der Waals surface area (Å²) in [7, 11) is -3.85. The zero-order chi connectivity index (χ0) is 13.2. The molecule has 0 saturated heterocycles. The molecule has 0 amide bonds. The summed E-state index contributed by atoms with van der Waals surface area (Å²) in [6, 6.07) is 9.58. The van der Waals surface area contributed by atoms with Gasteiger partial charge in [-0.25, -0.2) is 8.42 Å². The minimum Gasteiger partial charge on any atom is -0.328 e. The molecule has 5 nitrogen and oxygen atoms in total. The van der Waals surface area contributed by atoms with E-state index in [1.54, 1.807) is 24.3 Å². The normalized spacial score (nSPS) is 11.2. The van der Waals surface area contributed by atoms with Crippen molar-refractivity contribution in [2.24, 2.45) is 0 Å². The van der Waals surface area contributed by atoms with Crippen LogP contribution in [0, 0.1) is 6.92 Å². The fourth-order valence-corrected chi connectivity index (χ4v) is 2.57. The highest BCUT2D eigenvalue weighted by atomic mass is 32.2. The van der Waals surface area contributed by atoms with Gasteiger partial charge in [0, 0.05) is 11.9 Å². The highest BCUT2D eigenvalue weighted by Crippen LogP contribution is 2.13. The fraction of sp³-hybridized carbons (Fsp3) is 0.0833. The molecule has 1 heterocycles. The molecule has 2 aromatic rings. The Morgan fingerprint density at radius 2 is 1.78 bits per heavy atom. The lowest BCUT2D eigenvalue weighted by molar-refractivity contribution is 0.600. The summed E-state index contributed by atoms with van der Waals surface area (Å²) < 4.78 is 26.3. The summed E-state index contributed by atoms with van der Waals surface area (Å²) in [6.45, 7) is 1.90. The predicted molar refractivity (Wildman–Crippen MR) is 69.1 cm³/mol. The summed E-state index contributed by atoms with van der Waals surface area (Å²) in [6.07, 6.45) is 1.38. The molecular weight excluding hydrogens is 252 g/mol. The van der Waals surface area contributed by atoms with Crippen molar-refractivity contribution in [3.63, 3.8) is 0 Å². The molecule has 0 aliphatic carbocycles. The van der Waals surface area contributed by atoms with Crippen LogP contribution in [0.25, 0.3) is 0 Å². The molecule has 0 bridgehead atoms. The monoisotopic (exact) mass is 264 g/mol. The van der Waals surface area contributed by atoms with E-state index >= 15 is 0 Å². The van der Waals surface area contributed by atoms with Gasteiger partial charge in [0.2, 0.25) is 0 Å². The van der Waals surface area contributed by atoms with Gasteiger partial charge in [-0.3, -0.25) is 9.52 Å². The minimum atomic E-state index is -3.85. The Morgan fingerprint density at radius 1 is 1.11 bits per heavy atom. The summed E-state index contributed by atoms with van der Waals surface area (Å²) >= 11 is 0. The van der Waals surface area contributed by atoms with Gasteiger partial charge in [-0.05, 0) is 31.2 Å². The van der Waals surface area contributed by atoms with Crippen molar-refractivity contribution in [1.82, 2.24) is 4.98 Å². The van der Waals surface area contributed by atoms with Crippen molar-refractivity contribution in [3.05, 3.63) is 58.5 Å². The van der Waals surface area contributed by atoms with Crippen LogP contribution in [0.1, 0.15) is 5.56 Å². The molecule has 0 unspecified atom stereocenters. The Kier molecular flexibility index (Phi) is 3.20. The number of aromatic nitrogens is 1. The first-order chi connectivity index (χ1) is 8.49. The number of hydrogen-bond donors (Lipinski definition) is 2. The summed E-state index contributed by atoms with van der Waals surface area (Å²) in [5.74, 6) is 0. The number of nitrogens with one attached hydrogen (secondary N) is 2. The van der Waals surface area contributed by atoms with Crippen LogP contribution in [0.2, 0.25) is 0 Å². The lowest BCUT2D eigenvalue weighted by atomic mass is 10.2. The van der Waals surface area contributed by atoms with E-state index in [9.17, 15) is 13.2 Å². The van der Waals surface area contributed by atoms with E-state index in [1.165, 1.54) is 18.3 Å². The van der Waals surface area contributed by atoms with Gasteiger partial charge >= 0.3 is 0 Å². The van der Waals surface area contributed by atoms with Crippen LogP contribution in [0.15, 0.2) is 52.3 Å². The van der Waals surface area contributed by atoms with Crippen molar-refractivity contribution in [2.75, 3.05) is 4.72 Å². The second kappa shape index (κ2) is 4.66. The lowest BCUT2D eigenvalue weighted by Crippen LogP contribution is -2.22. The zero-order valence-corrected chi connectivity index (χ0v) is 10.5. The third-order valence-corrected chi connectivity index (χ3v) is 3.78. The number of rotatable bonds is 3. The van der Waals surface area contributed by atoms with Gasteiger partial charge in [0.1, 0.15) is 0 Å². The first-order valence-electron chi connectivity index (χ1n) is 5.26. The van der Waals surface area contributed by atoms with Crippen molar-refractivity contribution in [3.8, 4) is 0 Å². The van der Waals surface area contributed by atoms with Crippen LogP contribution >= 0.6 is 0 Å². The van der Waals surface area contributed by atoms with Crippen molar-refractivity contribution >= 4 is 15.7 Å². The molecule has 6 heteroatoms. The highest BCUT2D eigenvalue weighted by Gasteiger charge is 2.17. The molecule has 2 rings (SSSR count). The molecule has 1 aromatic heterocycles.